The molecular formula is C7H4N2. The summed E-state index contributed by atoms with van der Waals surface area (Å²) in [6, 6.07) is 6.50. The number of hydrogen-bond acceptors (Lipinski definition) is 1. The highest BCUT2D eigenvalue weighted by atomic mass is 15.0. The molecule has 0 aromatic carbocycles. The first-order valence-corrected chi connectivity index (χ1v) is 2.68. The third-order valence-electron chi connectivity index (χ3n) is 1.17. The Morgan fingerprint density at radius 1 is 1.56 bits per heavy atom. The molecule has 0 atom stereocenters. The van der Waals surface area contributed by atoms with E-state index in [0.29, 0.717) is 0 Å². The van der Waals surface area contributed by atoms with Crippen molar-refractivity contribution in [2.75, 3.05) is 0 Å². The zero-order chi connectivity index (χ0) is 6.10. The average molecular weight is 116 g/mol. The van der Waals surface area contributed by atoms with Crippen molar-refractivity contribution >= 4 is 5.65 Å². The average Bonchev–Trinajstić information content (AvgIpc) is 2.33. The predicted octanol–water partition coefficient (Wildman–Crippen LogP) is 0.935. The summed E-state index contributed by atoms with van der Waals surface area (Å²) in [6.45, 7) is 0. The molecule has 0 unspecified atom stereocenters. The summed E-state index contributed by atoms with van der Waals surface area (Å²) in [6.07, 6.45) is 6.43. The van der Waals surface area contributed by atoms with E-state index >= 15 is 0 Å². The monoisotopic (exact) mass is 116 g/mol. The summed E-state index contributed by atoms with van der Waals surface area (Å²) < 4.78 is 1.79. The molecule has 0 spiro atoms. The number of fused-ring (bicyclic) bond motifs is 1. The maximum Gasteiger partial charge on any atom is 0.144 e. The number of hydrogen-bond donors (Lipinski definition) is 0. The van der Waals surface area contributed by atoms with Crippen LogP contribution in [0.2, 0.25) is 0 Å². The quantitative estimate of drug-likeness (QED) is 0.500. The molecule has 0 N–H and O–H groups in total. The van der Waals surface area contributed by atoms with Gasteiger partial charge in [-0.05, 0) is 12.1 Å². The lowest BCUT2D eigenvalue weighted by Crippen LogP contribution is -1.75. The molecular weight excluding hydrogens is 112 g/mol. The smallest absolute Gasteiger partial charge is 0.144 e. The maximum absolute atomic E-state index is 4.03. The summed E-state index contributed by atoms with van der Waals surface area (Å²) >= 11 is 0. The first-order valence-electron chi connectivity index (χ1n) is 2.68. The zero-order valence-electron chi connectivity index (χ0n) is 4.70. The van der Waals surface area contributed by atoms with Crippen LogP contribution < -0.4 is 0 Å². The fourth-order valence-corrected chi connectivity index (χ4v) is 0.756. The second-order valence-corrected chi connectivity index (χ2v) is 1.74. The normalized spacial score (nSPS) is 9.33. The highest BCUT2D eigenvalue weighted by Gasteiger charge is 1.84. The van der Waals surface area contributed by atoms with E-state index in [-0.39, 0.29) is 0 Å². The Morgan fingerprint density at radius 3 is 3.44 bits per heavy atom. The molecule has 2 heterocycles. The minimum Gasteiger partial charge on any atom is -0.259 e. The van der Waals surface area contributed by atoms with Gasteiger partial charge in [0.25, 0.3) is 0 Å². The Bertz CT molecular complexity index is 281. The molecule has 0 bridgehead atoms. The third kappa shape index (κ3) is 0.550. The second-order valence-electron chi connectivity index (χ2n) is 1.74. The Kier molecular flexibility index (Phi) is 0.729. The van der Waals surface area contributed by atoms with Gasteiger partial charge in [-0.2, -0.15) is 0 Å². The van der Waals surface area contributed by atoms with Crippen molar-refractivity contribution in [3.63, 3.8) is 0 Å². The van der Waals surface area contributed by atoms with Crippen molar-refractivity contribution in [3.8, 4) is 0 Å². The fraction of sp³-hybridized carbons (Fsp3) is 0. The van der Waals surface area contributed by atoms with Crippen LogP contribution in [0.15, 0.2) is 24.5 Å². The number of rotatable bonds is 0. The van der Waals surface area contributed by atoms with Gasteiger partial charge in [0.1, 0.15) is 5.65 Å². The molecule has 2 heteroatoms. The number of aromatic nitrogens is 2. The lowest BCUT2D eigenvalue weighted by molar-refractivity contribution is 1.20. The molecule has 0 fully saturated rings. The Labute approximate surface area is 52.8 Å². The van der Waals surface area contributed by atoms with Gasteiger partial charge in [0.2, 0.25) is 0 Å². The van der Waals surface area contributed by atoms with Gasteiger partial charge in [0.05, 0.1) is 0 Å². The molecule has 0 radical (unpaired) electrons. The SMILES string of the molecule is c1ccc2nccn2c#1. The third-order valence-corrected chi connectivity index (χ3v) is 1.17. The van der Waals surface area contributed by atoms with Gasteiger partial charge in [0, 0.05) is 18.6 Å². The van der Waals surface area contributed by atoms with E-state index in [1.54, 1.807) is 16.7 Å². The Balaban J connectivity index is 2.95. The summed E-state index contributed by atoms with van der Waals surface area (Å²) in [4.78, 5) is 4.03. The van der Waals surface area contributed by atoms with Gasteiger partial charge in [-0.1, -0.05) is 6.07 Å². The standard InChI is InChI=1S/C7H4N2/c1-2-5-9-6-4-8-7(9)3-1/h1,3-4,6H. The van der Waals surface area contributed by atoms with Crippen molar-refractivity contribution < 1.29 is 0 Å². The first-order chi connectivity index (χ1) is 4.47. The topological polar surface area (TPSA) is 17.3 Å². The molecule has 2 aromatic rings. The van der Waals surface area contributed by atoms with Crippen molar-refractivity contribution in [2.45, 2.75) is 0 Å². The van der Waals surface area contributed by atoms with Crippen molar-refractivity contribution in [1.82, 2.24) is 9.38 Å². The molecule has 0 saturated heterocycles. The molecule has 2 nitrogen and oxygen atoms in total. The van der Waals surface area contributed by atoms with Crippen LogP contribution in [0, 0.1) is 12.3 Å². The Hall–Kier alpha value is -1.49. The predicted molar refractivity (Wildman–Crippen MR) is 32.9 cm³/mol. The van der Waals surface area contributed by atoms with E-state index in [4.69, 9.17) is 0 Å². The molecule has 0 aliphatic rings. The van der Waals surface area contributed by atoms with E-state index in [9.17, 15) is 0 Å². The summed E-state index contributed by atoms with van der Waals surface area (Å²) in [7, 11) is 0. The van der Waals surface area contributed by atoms with Crippen LogP contribution in [0.3, 0.4) is 0 Å². The lowest BCUT2D eigenvalue weighted by Gasteiger charge is -1.80. The summed E-state index contributed by atoms with van der Waals surface area (Å²) in [5, 5.41) is 0. The molecule has 42 valence electrons. The maximum atomic E-state index is 4.03. The van der Waals surface area contributed by atoms with Crippen molar-refractivity contribution in [2.24, 2.45) is 0 Å². The van der Waals surface area contributed by atoms with Crippen molar-refractivity contribution in [3.05, 3.63) is 36.8 Å². The number of nitrogens with zero attached hydrogens (tertiary/aromatic N) is 2. The Morgan fingerprint density at radius 2 is 2.56 bits per heavy atom. The first kappa shape index (κ1) is 4.39. The van der Waals surface area contributed by atoms with Crippen LogP contribution in [-0.2, 0) is 0 Å². The molecule has 0 aliphatic carbocycles. The highest BCUT2D eigenvalue weighted by molar-refractivity contribution is 5.35. The molecule has 0 amide bonds. The largest absolute Gasteiger partial charge is 0.259 e. The van der Waals surface area contributed by atoms with Crippen LogP contribution >= 0.6 is 0 Å². The van der Waals surface area contributed by atoms with Gasteiger partial charge < -0.3 is 0 Å². The van der Waals surface area contributed by atoms with Gasteiger partial charge in [-0.3, -0.25) is 4.40 Å². The van der Waals surface area contributed by atoms with Gasteiger partial charge >= 0.3 is 0 Å². The minimum atomic E-state index is 0.911. The molecule has 2 aromatic heterocycles. The number of imidazole rings is 1. The van der Waals surface area contributed by atoms with Crippen LogP contribution in [0.5, 0.6) is 0 Å². The highest BCUT2D eigenvalue weighted by Crippen LogP contribution is 1.92. The lowest BCUT2D eigenvalue weighted by atomic mass is 10.5. The van der Waals surface area contributed by atoms with Gasteiger partial charge in [-0.15, -0.1) is 0 Å². The van der Waals surface area contributed by atoms with Crippen LogP contribution in [-0.4, -0.2) is 9.38 Å². The van der Waals surface area contributed by atoms with E-state index in [1.165, 1.54) is 0 Å². The van der Waals surface area contributed by atoms with Crippen molar-refractivity contribution in [1.29, 1.82) is 0 Å². The van der Waals surface area contributed by atoms with Gasteiger partial charge in [0.15, 0.2) is 0 Å². The van der Waals surface area contributed by atoms with E-state index in [1.807, 2.05) is 12.3 Å². The fourth-order valence-electron chi connectivity index (χ4n) is 0.756. The second kappa shape index (κ2) is 1.49. The molecule has 0 aliphatic heterocycles. The summed E-state index contributed by atoms with van der Waals surface area (Å²) in [5.41, 5.74) is 0.911. The van der Waals surface area contributed by atoms with E-state index in [0.717, 1.165) is 5.65 Å². The molecule has 2 rings (SSSR count). The minimum absolute atomic E-state index is 0.911. The van der Waals surface area contributed by atoms with Crippen LogP contribution in [0.4, 0.5) is 0 Å². The van der Waals surface area contributed by atoms with Gasteiger partial charge in [-0.25, -0.2) is 4.98 Å². The summed E-state index contributed by atoms with van der Waals surface area (Å²) in [5.74, 6) is 0. The molecule has 9 heavy (non-hydrogen) atoms. The van der Waals surface area contributed by atoms with Crippen LogP contribution in [0.1, 0.15) is 0 Å². The molecule has 0 saturated carbocycles. The van der Waals surface area contributed by atoms with Crippen LogP contribution in [0.25, 0.3) is 5.65 Å². The van der Waals surface area contributed by atoms with E-state index in [2.05, 4.69) is 17.2 Å². The van der Waals surface area contributed by atoms with E-state index < -0.39 is 0 Å². The zero-order valence-corrected chi connectivity index (χ0v) is 4.70.